The molecule has 0 atom stereocenters. The normalized spacial score (nSPS) is 12.3. The third kappa shape index (κ3) is 3.10. The molecule has 0 saturated heterocycles. The number of rotatable bonds is 4. The van der Waals surface area contributed by atoms with Gasteiger partial charge in [0.25, 0.3) is 10.0 Å². The number of hydrogen-bond acceptors (Lipinski definition) is 5. The zero-order chi connectivity index (χ0) is 14.1. The molecule has 1 aromatic heterocycles. The molecular weight excluding hydrogens is 292 g/mol. The number of aromatic nitrogens is 2. The molecule has 1 aromatic carbocycles. The van der Waals surface area contributed by atoms with Gasteiger partial charge in [-0.3, -0.25) is 9.82 Å². The lowest BCUT2D eigenvalue weighted by molar-refractivity contribution is 0.596. The molecule has 2 aromatic rings. The van der Waals surface area contributed by atoms with Crippen LogP contribution in [-0.2, 0) is 20.0 Å². The van der Waals surface area contributed by atoms with E-state index in [1.54, 1.807) is 0 Å². The maximum absolute atomic E-state index is 11.8. The van der Waals surface area contributed by atoms with E-state index < -0.39 is 20.0 Å². The van der Waals surface area contributed by atoms with Gasteiger partial charge in [0.1, 0.15) is 0 Å². The largest absolute Gasteiger partial charge is 0.278 e. The van der Waals surface area contributed by atoms with E-state index >= 15 is 0 Å². The van der Waals surface area contributed by atoms with Crippen LogP contribution >= 0.6 is 0 Å². The highest BCUT2D eigenvalue weighted by Gasteiger charge is 2.15. The molecule has 1 heterocycles. The second-order valence-electron chi connectivity index (χ2n) is 3.60. The third-order valence-electron chi connectivity index (χ3n) is 2.20. The van der Waals surface area contributed by atoms with Gasteiger partial charge in [0.2, 0.25) is 10.0 Å². The first-order chi connectivity index (χ1) is 8.79. The van der Waals surface area contributed by atoms with Gasteiger partial charge in [0, 0.05) is 5.69 Å². The van der Waals surface area contributed by atoms with E-state index in [-0.39, 0.29) is 15.6 Å². The number of sulfonamides is 2. The standard InChI is InChI=1S/C9H10N4O4S2/c10-18(14,15)8-3-1-7(2-4-8)13-19(16,17)9-5-6-11-12-9/h1-6,13H,(H,11,12)(H2,10,14,15). The smallest absolute Gasteiger partial charge is 0.278 e. The second kappa shape index (κ2) is 4.64. The molecule has 0 amide bonds. The number of nitrogens with two attached hydrogens (primary N) is 1. The molecule has 4 N–H and O–H groups in total. The Hall–Kier alpha value is -1.91. The van der Waals surface area contributed by atoms with E-state index in [1.807, 2.05) is 0 Å². The van der Waals surface area contributed by atoms with Crippen molar-refractivity contribution in [3.8, 4) is 0 Å². The number of anilines is 1. The van der Waals surface area contributed by atoms with Gasteiger partial charge in [0.05, 0.1) is 11.1 Å². The summed E-state index contributed by atoms with van der Waals surface area (Å²) in [6, 6.07) is 6.31. The molecule has 0 bridgehead atoms. The fourth-order valence-electron chi connectivity index (χ4n) is 1.32. The van der Waals surface area contributed by atoms with Crippen LogP contribution in [-0.4, -0.2) is 27.0 Å². The summed E-state index contributed by atoms with van der Waals surface area (Å²) in [5, 5.41) is 10.7. The Balaban J connectivity index is 2.26. The van der Waals surface area contributed by atoms with Crippen molar-refractivity contribution in [2.24, 2.45) is 5.14 Å². The van der Waals surface area contributed by atoms with Crippen molar-refractivity contribution < 1.29 is 16.8 Å². The first kappa shape index (κ1) is 13.5. The molecule has 0 aliphatic heterocycles. The molecule has 0 saturated carbocycles. The van der Waals surface area contributed by atoms with Crippen LogP contribution in [0.2, 0.25) is 0 Å². The van der Waals surface area contributed by atoms with Crippen molar-refractivity contribution in [3.05, 3.63) is 36.5 Å². The molecule has 102 valence electrons. The Bertz CT molecular complexity index is 764. The minimum atomic E-state index is -3.80. The molecule has 19 heavy (non-hydrogen) atoms. The molecule has 10 heteroatoms. The van der Waals surface area contributed by atoms with E-state index in [4.69, 9.17) is 5.14 Å². The Labute approximate surface area is 109 Å². The minimum absolute atomic E-state index is 0.0944. The summed E-state index contributed by atoms with van der Waals surface area (Å²) >= 11 is 0. The highest BCUT2D eigenvalue weighted by Crippen LogP contribution is 2.16. The van der Waals surface area contributed by atoms with Gasteiger partial charge in [-0.25, -0.2) is 13.6 Å². The molecular formula is C9H10N4O4S2. The first-order valence-electron chi connectivity index (χ1n) is 4.94. The predicted molar refractivity (Wildman–Crippen MR) is 67.2 cm³/mol. The van der Waals surface area contributed by atoms with E-state index in [0.29, 0.717) is 0 Å². The van der Waals surface area contributed by atoms with Gasteiger partial charge in [-0.15, -0.1) is 0 Å². The number of aromatic amines is 1. The van der Waals surface area contributed by atoms with Crippen LogP contribution in [0.4, 0.5) is 5.69 Å². The molecule has 0 radical (unpaired) electrons. The molecule has 0 aliphatic rings. The van der Waals surface area contributed by atoms with Crippen LogP contribution in [0, 0.1) is 0 Å². The maximum atomic E-state index is 11.8. The van der Waals surface area contributed by atoms with E-state index in [0.717, 1.165) is 0 Å². The van der Waals surface area contributed by atoms with E-state index in [9.17, 15) is 16.8 Å². The van der Waals surface area contributed by atoms with Crippen LogP contribution in [0.15, 0.2) is 46.5 Å². The van der Waals surface area contributed by atoms with Crippen molar-refractivity contribution in [2.45, 2.75) is 9.92 Å². The number of primary sulfonamides is 1. The zero-order valence-electron chi connectivity index (χ0n) is 9.44. The Kier molecular flexibility index (Phi) is 3.30. The lowest BCUT2D eigenvalue weighted by atomic mass is 10.3. The van der Waals surface area contributed by atoms with Crippen LogP contribution in [0.1, 0.15) is 0 Å². The minimum Gasteiger partial charge on any atom is -0.278 e. The van der Waals surface area contributed by atoms with Crippen LogP contribution in [0.5, 0.6) is 0 Å². The van der Waals surface area contributed by atoms with Crippen molar-refractivity contribution in [1.82, 2.24) is 10.2 Å². The van der Waals surface area contributed by atoms with Gasteiger partial charge in [-0.2, -0.15) is 13.5 Å². The third-order valence-corrected chi connectivity index (χ3v) is 4.44. The first-order valence-corrected chi connectivity index (χ1v) is 7.97. The van der Waals surface area contributed by atoms with Crippen molar-refractivity contribution in [1.29, 1.82) is 0 Å². The summed E-state index contributed by atoms with van der Waals surface area (Å²) in [4.78, 5) is -0.100. The quantitative estimate of drug-likeness (QED) is 0.722. The summed E-state index contributed by atoms with van der Waals surface area (Å²) in [5.41, 5.74) is 0.210. The fraction of sp³-hybridized carbons (Fsp3) is 0. The number of hydrogen-bond donors (Lipinski definition) is 3. The molecule has 0 aliphatic carbocycles. The fourth-order valence-corrected chi connectivity index (χ4v) is 2.80. The lowest BCUT2D eigenvalue weighted by Gasteiger charge is -2.06. The highest BCUT2D eigenvalue weighted by molar-refractivity contribution is 7.92. The molecule has 2 rings (SSSR count). The summed E-state index contributed by atoms with van der Waals surface area (Å²) < 4.78 is 48.0. The van der Waals surface area contributed by atoms with Crippen LogP contribution in [0.3, 0.4) is 0 Å². The van der Waals surface area contributed by atoms with Crippen molar-refractivity contribution >= 4 is 25.7 Å². The van der Waals surface area contributed by atoms with E-state index in [1.165, 1.54) is 36.5 Å². The molecule has 0 spiro atoms. The summed E-state index contributed by atoms with van der Waals surface area (Å²) in [6.07, 6.45) is 1.30. The maximum Gasteiger partial charge on any atom is 0.278 e. The van der Waals surface area contributed by atoms with Crippen molar-refractivity contribution in [3.63, 3.8) is 0 Å². The monoisotopic (exact) mass is 302 g/mol. The Morgan fingerprint density at radius 1 is 1.05 bits per heavy atom. The number of nitrogens with zero attached hydrogens (tertiary/aromatic N) is 1. The predicted octanol–water partition coefficient (Wildman–Crippen LogP) is -0.142. The highest BCUT2D eigenvalue weighted by atomic mass is 32.2. The van der Waals surface area contributed by atoms with Gasteiger partial charge >= 0.3 is 0 Å². The van der Waals surface area contributed by atoms with Gasteiger partial charge < -0.3 is 0 Å². The van der Waals surface area contributed by atoms with Crippen LogP contribution in [0.25, 0.3) is 0 Å². The van der Waals surface area contributed by atoms with E-state index in [2.05, 4.69) is 14.9 Å². The summed E-state index contributed by atoms with van der Waals surface area (Å²) in [6.45, 7) is 0. The van der Waals surface area contributed by atoms with Gasteiger partial charge in [0.15, 0.2) is 5.03 Å². The topological polar surface area (TPSA) is 135 Å². The van der Waals surface area contributed by atoms with Gasteiger partial charge in [-0.1, -0.05) is 0 Å². The van der Waals surface area contributed by atoms with Gasteiger partial charge in [-0.05, 0) is 30.3 Å². The summed E-state index contributed by atoms with van der Waals surface area (Å²) in [7, 11) is -7.57. The lowest BCUT2D eigenvalue weighted by Crippen LogP contribution is -2.14. The number of benzene rings is 1. The molecule has 0 fully saturated rings. The number of nitrogens with one attached hydrogen (secondary N) is 2. The molecule has 0 unspecified atom stereocenters. The number of H-pyrrole nitrogens is 1. The summed E-state index contributed by atoms with van der Waals surface area (Å²) in [5.74, 6) is 0. The SMILES string of the molecule is NS(=O)(=O)c1ccc(NS(=O)(=O)c2ccn[nH]2)cc1. The van der Waals surface area contributed by atoms with Crippen molar-refractivity contribution in [2.75, 3.05) is 4.72 Å². The Morgan fingerprint density at radius 3 is 2.16 bits per heavy atom. The average molecular weight is 302 g/mol. The second-order valence-corrected chi connectivity index (χ2v) is 6.81. The average Bonchev–Trinajstić information content (AvgIpc) is 2.82. The zero-order valence-corrected chi connectivity index (χ0v) is 11.1. The van der Waals surface area contributed by atoms with Crippen LogP contribution < -0.4 is 9.86 Å². The Morgan fingerprint density at radius 2 is 1.68 bits per heavy atom. The molecule has 8 nitrogen and oxygen atoms in total.